The Hall–Kier alpha value is -2.30. The van der Waals surface area contributed by atoms with Gasteiger partial charge in [0.25, 0.3) is 0 Å². The smallest absolute Gasteiger partial charge is 0.310 e. The summed E-state index contributed by atoms with van der Waals surface area (Å²) in [6.07, 6.45) is 3.92. The average molecular weight is 314 g/mol. The Morgan fingerprint density at radius 3 is 3.04 bits per heavy atom. The van der Waals surface area contributed by atoms with Crippen LogP contribution in [0.1, 0.15) is 25.3 Å². The first-order valence-corrected chi connectivity index (χ1v) is 8.18. The molecule has 1 aromatic carbocycles. The highest BCUT2D eigenvalue weighted by Gasteiger charge is 2.29. The largest absolute Gasteiger partial charge is 0.466 e. The van der Waals surface area contributed by atoms with Crippen molar-refractivity contribution in [3.05, 3.63) is 36.0 Å². The molecule has 0 aliphatic carbocycles. The Morgan fingerprint density at radius 2 is 2.22 bits per heavy atom. The number of likely N-dealkylation sites (tertiary alicyclic amines) is 1. The molecule has 1 amide bonds. The number of benzene rings is 1. The van der Waals surface area contributed by atoms with Crippen LogP contribution in [0.25, 0.3) is 10.9 Å². The lowest BCUT2D eigenvalue weighted by atomic mass is 9.97. The predicted octanol–water partition coefficient (Wildman–Crippen LogP) is 2.51. The summed E-state index contributed by atoms with van der Waals surface area (Å²) in [5, 5.41) is 1.11. The lowest BCUT2D eigenvalue weighted by Crippen LogP contribution is -2.43. The quantitative estimate of drug-likeness (QED) is 0.882. The first kappa shape index (κ1) is 15.6. The Balaban J connectivity index is 1.63. The van der Waals surface area contributed by atoms with Crippen LogP contribution >= 0.6 is 0 Å². The number of esters is 1. The SMILES string of the molecule is CCOC(=O)C1CCCN(C(=O)Cc2ccc3[nH]ccc3c2)C1. The molecule has 1 aromatic heterocycles. The van der Waals surface area contributed by atoms with Gasteiger partial charge in [0.1, 0.15) is 0 Å². The van der Waals surface area contributed by atoms with Gasteiger partial charge >= 0.3 is 5.97 Å². The van der Waals surface area contributed by atoms with Crippen molar-refractivity contribution in [1.82, 2.24) is 9.88 Å². The molecular weight excluding hydrogens is 292 g/mol. The molecule has 0 bridgehead atoms. The topological polar surface area (TPSA) is 62.4 Å². The van der Waals surface area contributed by atoms with Gasteiger partial charge < -0.3 is 14.6 Å². The molecule has 1 atom stereocenters. The molecular formula is C18H22N2O3. The number of amides is 1. The highest BCUT2D eigenvalue weighted by Crippen LogP contribution is 2.20. The lowest BCUT2D eigenvalue weighted by molar-refractivity contribution is -0.151. The van der Waals surface area contributed by atoms with E-state index in [1.165, 1.54) is 0 Å². The van der Waals surface area contributed by atoms with Crippen molar-refractivity contribution in [3.8, 4) is 0 Å². The number of rotatable bonds is 4. The van der Waals surface area contributed by atoms with E-state index in [0.717, 1.165) is 35.9 Å². The molecule has 1 unspecified atom stereocenters. The highest BCUT2D eigenvalue weighted by atomic mass is 16.5. The second-order valence-electron chi connectivity index (χ2n) is 6.01. The fraction of sp³-hybridized carbons (Fsp3) is 0.444. The number of aromatic nitrogens is 1. The molecule has 3 rings (SSSR count). The van der Waals surface area contributed by atoms with E-state index in [1.807, 2.05) is 30.5 Å². The fourth-order valence-corrected chi connectivity index (χ4v) is 3.16. The molecule has 5 heteroatoms. The number of hydrogen-bond acceptors (Lipinski definition) is 3. The Labute approximate surface area is 135 Å². The van der Waals surface area contributed by atoms with Crippen LogP contribution < -0.4 is 0 Å². The van der Waals surface area contributed by atoms with Gasteiger partial charge in [-0.15, -0.1) is 0 Å². The van der Waals surface area contributed by atoms with E-state index >= 15 is 0 Å². The first-order chi connectivity index (χ1) is 11.2. The van der Waals surface area contributed by atoms with E-state index in [9.17, 15) is 9.59 Å². The van der Waals surface area contributed by atoms with Crippen molar-refractivity contribution < 1.29 is 14.3 Å². The van der Waals surface area contributed by atoms with E-state index in [1.54, 1.807) is 11.8 Å². The van der Waals surface area contributed by atoms with Crippen molar-refractivity contribution >= 4 is 22.8 Å². The van der Waals surface area contributed by atoms with Gasteiger partial charge in [0.2, 0.25) is 5.91 Å². The molecule has 122 valence electrons. The zero-order valence-electron chi connectivity index (χ0n) is 13.4. The fourth-order valence-electron chi connectivity index (χ4n) is 3.16. The Kier molecular flexibility index (Phi) is 4.65. The Morgan fingerprint density at radius 1 is 1.35 bits per heavy atom. The van der Waals surface area contributed by atoms with E-state index in [0.29, 0.717) is 19.6 Å². The van der Waals surface area contributed by atoms with Crippen LogP contribution in [0, 0.1) is 5.92 Å². The number of H-pyrrole nitrogens is 1. The third kappa shape index (κ3) is 3.55. The number of hydrogen-bond donors (Lipinski definition) is 1. The molecule has 0 radical (unpaired) electrons. The number of nitrogens with one attached hydrogen (secondary N) is 1. The van der Waals surface area contributed by atoms with Crippen LogP contribution in [0.2, 0.25) is 0 Å². The molecule has 0 saturated carbocycles. The normalized spacial score (nSPS) is 18.1. The van der Waals surface area contributed by atoms with Crippen molar-refractivity contribution in [1.29, 1.82) is 0 Å². The third-order valence-electron chi connectivity index (χ3n) is 4.37. The maximum atomic E-state index is 12.5. The minimum Gasteiger partial charge on any atom is -0.466 e. The molecule has 1 aliphatic heterocycles. The average Bonchev–Trinajstić information content (AvgIpc) is 3.03. The number of ether oxygens (including phenoxy) is 1. The van der Waals surface area contributed by atoms with Crippen LogP contribution in [0.5, 0.6) is 0 Å². The van der Waals surface area contributed by atoms with Crippen LogP contribution in [0.15, 0.2) is 30.5 Å². The minimum atomic E-state index is -0.182. The number of nitrogens with zero attached hydrogens (tertiary/aromatic N) is 1. The van der Waals surface area contributed by atoms with Crippen molar-refractivity contribution in [2.45, 2.75) is 26.2 Å². The molecule has 23 heavy (non-hydrogen) atoms. The summed E-state index contributed by atoms with van der Waals surface area (Å²) in [6.45, 7) is 3.39. The van der Waals surface area contributed by atoms with Crippen molar-refractivity contribution in [2.75, 3.05) is 19.7 Å². The van der Waals surface area contributed by atoms with E-state index < -0.39 is 0 Å². The minimum absolute atomic E-state index is 0.0777. The number of piperidine rings is 1. The molecule has 0 spiro atoms. The van der Waals surface area contributed by atoms with Crippen molar-refractivity contribution in [3.63, 3.8) is 0 Å². The monoisotopic (exact) mass is 314 g/mol. The Bertz CT molecular complexity index is 707. The van der Waals surface area contributed by atoms with Gasteiger partial charge in [-0.05, 0) is 48.9 Å². The summed E-state index contributed by atoms with van der Waals surface area (Å²) in [6, 6.07) is 8.01. The molecule has 1 saturated heterocycles. The zero-order valence-corrected chi connectivity index (χ0v) is 13.4. The molecule has 2 heterocycles. The van der Waals surface area contributed by atoms with Gasteiger partial charge in [0.05, 0.1) is 18.9 Å². The zero-order chi connectivity index (χ0) is 16.2. The summed E-state index contributed by atoms with van der Waals surface area (Å²) in [7, 11) is 0. The van der Waals surface area contributed by atoms with Gasteiger partial charge in [0, 0.05) is 24.8 Å². The van der Waals surface area contributed by atoms with Gasteiger partial charge in [-0.1, -0.05) is 6.07 Å². The van der Waals surface area contributed by atoms with E-state index in [-0.39, 0.29) is 17.8 Å². The number of carbonyl (C=O) groups is 2. The number of fused-ring (bicyclic) bond motifs is 1. The standard InChI is InChI=1S/C18H22N2O3/c1-2-23-18(22)15-4-3-9-20(12-15)17(21)11-13-5-6-16-14(10-13)7-8-19-16/h5-8,10,15,19H,2-4,9,11-12H2,1H3. The molecule has 1 aliphatic rings. The van der Waals surface area contributed by atoms with Crippen LogP contribution in [0.3, 0.4) is 0 Å². The molecule has 5 nitrogen and oxygen atoms in total. The summed E-state index contributed by atoms with van der Waals surface area (Å²) in [5.41, 5.74) is 2.07. The number of aromatic amines is 1. The van der Waals surface area contributed by atoms with Gasteiger partial charge in [-0.25, -0.2) is 0 Å². The maximum Gasteiger partial charge on any atom is 0.310 e. The van der Waals surface area contributed by atoms with Gasteiger partial charge in [-0.2, -0.15) is 0 Å². The second kappa shape index (κ2) is 6.86. The van der Waals surface area contributed by atoms with Crippen LogP contribution in [-0.2, 0) is 20.7 Å². The number of carbonyl (C=O) groups excluding carboxylic acids is 2. The summed E-state index contributed by atoms with van der Waals surface area (Å²) < 4.78 is 5.09. The lowest BCUT2D eigenvalue weighted by Gasteiger charge is -2.31. The predicted molar refractivity (Wildman–Crippen MR) is 87.9 cm³/mol. The summed E-state index contributed by atoms with van der Waals surface area (Å²) in [5.74, 6) is -0.285. The summed E-state index contributed by atoms with van der Waals surface area (Å²) in [4.78, 5) is 29.4. The second-order valence-corrected chi connectivity index (χ2v) is 6.01. The summed E-state index contributed by atoms with van der Waals surface area (Å²) >= 11 is 0. The van der Waals surface area contributed by atoms with Crippen LogP contribution in [-0.4, -0.2) is 41.5 Å². The van der Waals surface area contributed by atoms with Gasteiger partial charge in [0.15, 0.2) is 0 Å². The van der Waals surface area contributed by atoms with E-state index in [2.05, 4.69) is 4.98 Å². The van der Waals surface area contributed by atoms with E-state index in [4.69, 9.17) is 4.74 Å². The van der Waals surface area contributed by atoms with Crippen molar-refractivity contribution in [2.24, 2.45) is 5.92 Å². The third-order valence-corrected chi connectivity index (χ3v) is 4.37. The molecule has 1 fully saturated rings. The maximum absolute atomic E-state index is 12.5. The van der Waals surface area contributed by atoms with Crippen LogP contribution in [0.4, 0.5) is 0 Å². The first-order valence-electron chi connectivity index (χ1n) is 8.18. The molecule has 1 N–H and O–H groups in total. The molecule has 2 aromatic rings. The van der Waals surface area contributed by atoms with Gasteiger partial charge in [-0.3, -0.25) is 9.59 Å². The highest BCUT2D eigenvalue weighted by molar-refractivity contribution is 5.84.